The van der Waals surface area contributed by atoms with Gasteiger partial charge in [0, 0.05) is 12.4 Å². The van der Waals surface area contributed by atoms with Crippen LogP contribution >= 0.6 is 11.6 Å². The quantitative estimate of drug-likeness (QED) is 0.601. The van der Waals surface area contributed by atoms with Crippen LogP contribution in [0, 0.1) is 5.41 Å². The van der Waals surface area contributed by atoms with Crippen molar-refractivity contribution in [3.63, 3.8) is 0 Å². The van der Waals surface area contributed by atoms with Crippen LogP contribution < -0.4 is 5.73 Å². The Bertz CT molecular complexity index is 259. The predicted molar refractivity (Wildman–Crippen MR) is 41.5 cm³/mol. The molecule has 0 radical (unpaired) electrons. The molecule has 10 heavy (non-hydrogen) atoms. The zero-order valence-electron chi connectivity index (χ0n) is 5.13. The van der Waals surface area contributed by atoms with Gasteiger partial charge >= 0.3 is 0 Å². The first-order valence-electron chi connectivity index (χ1n) is 2.66. The van der Waals surface area contributed by atoms with Crippen LogP contribution in [0.4, 0.5) is 5.69 Å². The Morgan fingerprint density at radius 2 is 2.40 bits per heavy atom. The number of anilines is 1. The highest BCUT2D eigenvalue weighted by molar-refractivity contribution is 6.33. The normalized spacial score (nSPS) is 9.30. The summed E-state index contributed by atoms with van der Waals surface area (Å²) >= 11 is 5.62. The van der Waals surface area contributed by atoms with E-state index >= 15 is 0 Å². The Balaban J connectivity index is 3.27. The third-order valence-corrected chi connectivity index (χ3v) is 1.43. The van der Waals surface area contributed by atoms with Crippen molar-refractivity contribution in [2.75, 3.05) is 5.73 Å². The average Bonchev–Trinajstić information content (AvgIpc) is 1.95. The van der Waals surface area contributed by atoms with Crippen molar-refractivity contribution in [2.24, 2.45) is 0 Å². The van der Waals surface area contributed by atoms with Gasteiger partial charge in [-0.1, -0.05) is 11.6 Å². The van der Waals surface area contributed by atoms with E-state index in [9.17, 15) is 0 Å². The number of rotatable bonds is 1. The number of nitrogens with zero attached hydrogens (tertiary/aromatic N) is 1. The van der Waals surface area contributed by atoms with Gasteiger partial charge in [0.2, 0.25) is 0 Å². The van der Waals surface area contributed by atoms with Crippen LogP contribution in [0.1, 0.15) is 5.69 Å². The van der Waals surface area contributed by atoms with E-state index in [0.29, 0.717) is 16.4 Å². The number of hydrogen-bond acceptors (Lipinski definition) is 3. The van der Waals surface area contributed by atoms with Crippen molar-refractivity contribution in [2.45, 2.75) is 0 Å². The summed E-state index contributed by atoms with van der Waals surface area (Å²) in [4.78, 5) is 3.81. The van der Waals surface area contributed by atoms with Gasteiger partial charge in [0.05, 0.1) is 10.7 Å². The lowest BCUT2D eigenvalue weighted by molar-refractivity contribution is 1.30. The minimum atomic E-state index is 0.360. The molecule has 1 aromatic heterocycles. The summed E-state index contributed by atoms with van der Waals surface area (Å²) in [5.74, 6) is 0. The Kier molecular flexibility index (Phi) is 1.87. The second kappa shape index (κ2) is 2.66. The van der Waals surface area contributed by atoms with Gasteiger partial charge in [0.15, 0.2) is 0 Å². The number of pyridine rings is 1. The largest absolute Gasteiger partial charge is 0.396 e. The molecule has 0 aromatic carbocycles. The molecule has 0 aliphatic carbocycles. The molecule has 3 N–H and O–H groups in total. The Morgan fingerprint density at radius 3 is 2.90 bits per heavy atom. The fourth-order valence-corrected chi connectivity index (χ4v) is 0.733. The van der Waals surface area contributed by atoms with Crippen LogP contribution in [0.2, 0.25) is 5.02 Å². The highest BCUT2D eigenvalue weighted by Crippen LogP contribution is 2.18. The number of nitrogen functional groups attached to an aromatic ring is 1. The summed E-state index contributed by atoms with van der Waals surface area (Å²) in [6.07, 6.45) is 2.58. The molecule has 0 bridgehead atoms. The number of halogens is 1. The lowest BCUT2D eigenvalue weighted by atomic mass is 10.3. The maximum absolute atomic E-state index is 6.86. The van der Waals surface area contributed by atoms with Crippen molar-refractivity contribution in [3.05, 3.63) is 23.0 Å². The standard InChI is InChI=1S/C6H6ClN3/c7-4-1-2-10-5(3-8)6(4)9/h1-3,8H,9H2. The molecule has 1 heterocycles. The third-order valence-electron chi connectivity index (χ3n) is 1.10. The van der Waals surface area contributed by atoms with E-state index in [0.717, 1.165) is 6.21 Å². The maximum Gasteiger partial charge on any atom is 0.105 e. The Morgan fingerprint density at radius 1 is 1.70 bits per heavy atom. The highest BCUT2D eigenvalue weighted by atomic mass is 35.5. The van der Waals surface area contributed by atoms with Crippen LogP contribution in [0.3, 0.4) is 0 Å². The molecular formula is C6H6ClN3. The van der Waals surface area contributed by atoms with Gasteiger partial charge in [0.25, 0.3) is 0 Å². The van der Waals surface area contributed by atoms with Gasteiger partial charge in [-0.2, -0.15) is 0 Å². The summed E-state index contributed by atoms with van der Waals surface area (Å²) in [5, 5.41) is 7.29. The Labute approximate surface area is 63.3 Å². The second-order valence-corrected chi connectivity index (χ2v) is 2.14. The van der Waals surface area contributed by atoms with E-state index in [2.05, 4.69) is 4.98 Å². The molecule has 0 atom stereocenters. The first-order chi connectivity index (χ1) is 4.75. The minimum Gasteiger partial charge on any atom is -0.396 e. The molecule has 0 aliphatic rings. The van der Waals surface area contributed by atoms with Gasteiger partial charge in [-0.3, -0.25) is 4.98 Å². The molecule has 0 amide bonds. The number of nitrogens with two attached hydrogens (primary N) is 1. The molecule has 1 aromatic rings. The molecule has 4 heteroatoms. The second-order valence-electron chi connectivity index (χ2n) is 1.74. The lowest BCUT2D eigenvalue weighted by Gasteiger charge is -1.98. The van der Waals surface area contributed by atoms with Crippen molar-refractivity contribution in [1.82, 2.24) is 4.98 Å². The topological polar surface area (TPSA) is 62.8 Å². The highest BCUT2D eigenvalue weighted by Gasteiger charge is 1.99. The predicted octanol–water partition coefficient (Wildman–Crippen LogP) is 1.31. The Hall–Kier alpha value is -1.09. The first-order valence-corrected chi connectivity index (χ1v) is 3.04. The van der Waals surface area contributed by atoms with Crippen molar-refractivity contribution in [1.29, 1.82) is 5.41 Å². The van der Waals surface area contributed by atoms with Crippen molar-refractivity contribution >= 4 is 23.5 Å². The average molecular weight is 156 g/mol. The van der Waals surface area contributed by atoms with E-state index in [-0.39, 0.29) is 0 Å². The van der Waals surface area contributed by atoms with E-state index in [1.807, 2.05) is 0 Å². The summed E-state index contributed by atoms with van der Waals surface area (Å²) in [7, 11) is 0. The fourth-order valence-electron chi connectivity index (χ4n) is 0.580. The van der Waals surface area contributed by atoms with Crippen LogP contribution in [-0.2, 0) is 0 Å². The van der Waals surface area contributed by atoms with Gasteiger partial charge < -0.3 is 11.1 Å². The van der Waals surface area contributed by atoms with Crippen molar-refractivity contribution in [3.8, 4) is 0 Å². The van der Waals surface area contributed by atoms with E-state index in [1.54, 1.807) is 6.07 Å². The molecule has 52 valence electrons. The molecule has 0 fully saturated rings. The van der Waals surface area contributed by atoms with Gasteiger partial charge in [-0.25, -0.2) is 0 Å². The van der Waals surface area contributed by atoms with Crippen LogP contribution in [0.5, 0.6) is 0 Å². The minimum absolute atomic E-state index is 0.360. The first kappa shape index (κ1) is 7.02. The molecule has 1 rings (SSSR count). The fraction of sp³-hybridized carbons (Fsp3) is 0. The van der Waals surface area contributed by atoms with Crippen molar-refractivity contribution < 1.29 is 0 Å². The molecule has 0 spiro atoms. The monoisotopic (exact) mass is 155 g/mol. The molecule has 0 saturated carbocycles. The zero-order valence-corrected chi connectivity index (χ0v) is 5.89. The maximum atomic E-state index is 6.86. The van der Waals surface area contributed by atoms with E-state index in [4.69, 9.17) is 22.7 Å². The summed E-state index contributed by atoms with van der Waals surface area (Å²) in [6, 6.07) is 1.59. The van der Waals surface area contributed by atoms with E-state index in [1.165, 1.54) is 6.20 Å². The van der Waals surface area contributed by atoms with Gasteiger partial charge in [-0.15, -0.1) is 0 Å². The summed E-state index contributed by atoms with van der Waals surface area (Å²) in [5.41, 5.74) is 6.22. The molecular weight excluding hydrogens is 150 g/mol. The van der Waals surface area contributed by atoms with Crippen LogP contribution in [0.15, 0.2) is 12.3 Å². The molecule has 3 nitrogen and oxygen atoms in total. The molecule has 0 unspecified atom stereocenters. The number of aromatic nitrogens is 1. The van der Waals surface area contributed by atoms with Gasteiger partial charge in [0.1, 0.15) is 5.69 Å². The lowest BCUT2D eigenvalue weighted by Crippen LogP contribution is -1.96. The van der Waals surface area contributed by atoms with E-state index < -0.39 is 0 Å². The SMILES string of the molecule is N=Cc1nccc(Cl)c1N. The number of hydrogen-bond donors (Lipinski definition) is 2. The van der Waals surface area contributed by atoms with Gasteiger partial charge in [-0.05, 0) is 6.07 Å². The van der Waals surface area contributed by atoms with Crippen LogP contribution in [0.25, 0.3) is 0 Å². The summed E-state index contributed by atoms with van der Waals surface area (Å²) < 4.78 is 0. The smallest absolute Gasteiger partial charge is 0.105 e. The van der Waals surface area contributed by atoms with Crippen LogP contribution in [-0.4, -0.2) is 11.2 Å². The zero-order chi connectivity index (χ0) is 7.56. The third kappa shape index (κ3) is 1.09. The molecule has 0 aliphatic heterocycles. The molecule has 0 saturated heterocycles. The summed E-state index contributed by atoms with van der Waals surface area (Å²) in [6.45, 7) is 0. The number of nitrogens with one attached hydrogen (secondary N) is 1.